The van der Waals surface area contributed by atoms with Crippen LogP contribution in [0.15, 0.2) is 11.6 Å². The number of allylic oxidation sites excluding steroid dienone is 1. The number of aliphatic hydroxyl groups is 21. The van der Waals surface area contributed by atoms with Gasteiger partial charge in [0, 0.05) is 16.7 Å². The standard InChI is InChI=1S/C67H114O33/c1-25(27-16-17-65(7)36-13-11-28-29(67(36,9)37(71)18-66(27,65)8)12-15-38(63(28,3)4)98-60-54(86)50(82)45(77)34(96-60)23-91-59-53(85)48(80)43(75)31(20-69)93-59)10-14-39(64(5,6)88)99-62-56(100-61-55(87)49(81)44(76)32(21-70)94-61)51(83)46(78)35(97-62)24-89-57-41(73)26(2)40(72)33(95-57)22-90-58-52(84)47(79)42(74)30(19-68)92-58/h11,25-27,29-62,68-88H,10,12-24H2,1-9H3/t25-,26+,27?,29?,30-,31-,32+,33-,34-,35-,36?,37-,38+,39-,40+,41-,42-,43-,44+,45-,46-,47+,48+,49-,50+,51+,52-,53-,54-,55+,56-,57-,58-,59-,60+,61-,62+,65+,66-,67+/m1/s1. The second-order valence-electron chi connectivity index (χ2n) is 31.9. The number of rotatable bonds is 23. The lowest BCUT2D eigenvalue weighted by Gasteiger charge is -2.67. The second kappa shape index (κ2) is 31.6. The number of ether oxygens (including phenoxy) is 12. The second-order valence-corrected chi connectivity index (χ2v) is 31.9. The molecule has 0 radical (unpaired) electrons. The van der Waals surface area contributed by atoms with E-state index in [-0.39, 0.29) is 35.5 Å². The summed E-state index contributed by atoms with van der Waals surface area (Å²) >= 11 is 0. The first-order valence-electron chi connectivity index (χ1n) is 35.4. The van der Waals surface area contributed by atoms with Gasteiger partial charge >= 0.3 is 0 Å². The molecular weight excluding hydrogens is 1330 g/mol. The fourth-order valence-corrected chi connectivity index (χ4v) is 18.6. The quantitative estimate of drug-likeness (QED) is 0.0423. The van der Waals surface area contributed by atoms with E-state index in [1.54, 1.807) is 0 Å². The molecule has 0 amide bonds. The van der Waals surface area contributed by atoms with Gasteiger partial charge in [-0.25, -0.2) is 0 Å². The zero-order valence-corrected chi connectivity index (χ0v) is 58.1. The normalized spacial score (nSPS) is 52.1. The van der Waals surface area contributed by atoms with E-state index < -0.39 is 264 Å². The van der Waals surface area contributed by atoms with Crippen molar-refractivity contribution >= 4 is 0 Å². The molecular formula is C67H114O33. The molecule has 3 unspecified atom stereocenters. The van der Waals surface area contributed by atoms with Crippen molar-refractivity contribution in [1.29, 1.82) is 0 Å². The summed E-state index contributed by atoms with van der Waals surface area (Å²) in [5, 5.41) is 229. The van der Waals surface area contributed by atoms with E-state index in [9.17, 15) is 107 Å². The summed E-state index contributed by atoms with van der Waals surface area (Å²) < 4.78 is 71.6. The van der Waals surface area contributed by atoms with Crippen LogP contribution in [0.4, 0.5) is 0 Å². The van der Waals surface area contributed by atoms with Gasteiger partial charge < -0.3 is 164 Å². The largest absolute Gasteiger partial charge is 0.394 e. The Morgan fingerprint density at radius 1 is 0.480 bits per heavy atom. The van der Waals surface area contributed by atoms with Crippen molar-refractivity contribution in [2.45, 2.75) is 316 Å². The van der Waals surface area contributed by atoms with Gasteiger partial charge in [-0.2, -0.15) is 0 Å². The summed E-state index contributed by atoms with van der Waals surface area (Å²) in [5.41, 5.74) is -2.62. The average Bonchev–Trinajstić information content (AvgIpc) is 1.32. The highest BCUT2D eigenvalue weighted by atomic mass is 16.8. The van der Waals surface area contributed by atoms with E-state index in [0.29, 0.717) is 32.1 Å². The molecule has 10 rings (SSSR count). The highest BCUT2D eigenvalue weighted by Gasteiger charge is 2.71. The Kier molecular flexibility index (Phi) is 25.5. The van der Waals surface area contributed by atoms with Gasteiger partial charge in [0.25, 0.3) is 0 Å². The molecule has 40 atom stereocenters. The van der Waals surface area contributed by atoms with Gasteiger partial charge in [-0.15, -0.1) is 0 Å². The molecule has 4 aliphatic carbocycles. The first-order chi connectivity index (χ1) is 46.8. The van der Waals surface area contributed by atoms with Crippen LogP contribution in [0.2, 0.25) is 0 Å². The van der Waals surface area contributed by atoms with Crippen molar-refractivity contribution in [2.24, 2.45) is 51.2 Å². The third-order valence-corrected chi connectivity index (χ3v) is 25.3. The molecule has 10 aliphatic rings. The third kappa shape index (κ3) is 14.9. The zero-order valence-electron chi connectivity index (χ0n) is 58.1. The minimum atomic E-state index is -1.99. The van der Waals surface area contributed by atoms with E-state index in [1.807, 2.05) is 13.8 Å². The third-order valence-electron chi connectivity index (χ3n) is 25.3. The van der Waals surface area contributed by atoms with Crippen LogP contribution in [0.5, 0.6) is 0 Å². The van der Waals surface area contributed by atoms with Gasteiger partial charge in [0.1, 0.15) is 134 Å². The topological polar surface area (TPSA) is 536 Å². The van der Waals surface area contributed by atoms with Crippen molar-refractivity contribution in [3.05, 3.63) is 11.6 Å². The monoisotopic (exact) mass is 1450 g/mol. The molecule has 0 aromatic carbocycles. The maximum Gasteiger partial charge on any atom is 0.187 e. The summed E-state index contributed by atoms with van der Waals surface area (Å²) in [7, 11) is 0. The van der Waals surface area contributed by atoms with Gasteiger partial charge in [0.15, 0.2) is 37.7 Å². The molecule has 33 nitrogen and oxygen atoms in total. The zero-order chi connectivity index (χ0) is 73.5. The molecule has 3 saturated carbocycles. The minimum absolute atomic E-state index is 0.0104. The Hall–Kier alpha value is -1.58. The van der Waals surface area contributed by atoms with Gasteiger partial charge in [-0.3, -0.25) is 0 Å². The number of fused-ring (bicyclic) bond motifs is 5. The van der Waals surface area contributed by atoms with Crippen LogP contribution in [0, 0.1) is 51.2 Å². The predicted octanol–water partition coefficient (Wildman–Crippen LogP) is -6.31. The average molecular weight is 1450 g/mol. The lowest BCUT2D eigenvalue weighted by molar-refractivity contribution is -0.380. The molecule has 6 aliphatic heterocycles. The van der Waals surface area contributed by atoms with E-state index in [1.165, 1.54) is 20.8 Å². The van der Waals surface area contributed by atoms with Crippen LogP contribution in [0.3, 0.4) is 0 Å². The maximum absolute atomic E-state index is 12.9. The van der Waals surface area contributed by atoms with Crippen molar-refractivity contribution in [1.82, 2.24) is 0 Å². The lowest BCUT2D eigenvalue weighted by atomic mass is 9.38. The summed E-state index contributed by atoms with van der Waals surface area (Å²) in [5.74, 6) is -1.08. The molecule has 0 aromatic rings. The van der Waals surface area contributed by atoms with Crippen LogP contribution in [-0.4, -0.2) is 349 Å². The maximum atomic E-state index is 12.9. The van der Waals surface area contributed by atoms with Gasteiger partial charge in [0.2, 0.25) is 0 Å². The molecule has 0 bridgehead atoms. The Labute approximate surface area is 580 Å². The lowest BCUT2D eigenvalue weighted by Crippen LogP contribution is -2.65. The van der Waals surface area contributed by atoms with E-state index in [2.05, 4.69) is 33.8 Å². The Balaban J connectivity index is 0.815. The smallest absolute Gasteiger partial charge is 0.187 e. The van der Waals surface area contributed by atoms with Crippen molar-refractivity contribution in [3.8, 4) is 0 Å². The van der Waals surface area contributed by atoms with Gasteiger partial charge in [-0.1, -0.05) is 60.1 Å². The first kappa shape index (κ1) is 80.9. The van der Waals surface area contributed by atoms with Crippen molar-refractivity contribution in [3.63, 3.8) is 0 Å². The van der Waals surface area contributed by atoms with Crippen LogP contribution < -0.4 is 0 Å². The molecule has 6 heterocycles. The SMILES string of the molecule is C[C@@H]1[C@@H](O)[C@H](OC[C@H]2O[C@@H](O[C@H](CC[C@@H](C)C3CC[C@@]4(C)C5CC=C6C(CC[C@H](O[C@@H]7O[C@H](CO[C@@H]8O[C@H](CO)[C@@H](O)[C@H](O)[C@H]8O)[C@@H](O)[C@H](O)[C@H]7O)C6(C)C)[C@]5(C)[C@H](O)C[C@]34C)C(C)(C)O)[C@H](O[C@H]3O[C@@H](CO)[C@H](O)[C@@H](O)[C@@H]3O)[C@@H](O)[C@@H]2O)O[C@H](CO[C@@H]2O[C@H](CO)[C@@H](O)[C@H](O)[C@H]2O)[C@H]1O. The van der Waals surface area contributed by atoms with Crippen LogP contribution in [0.1, 0.15) is 114 Å². The Bertz CT molecular complexity index is 2670. The molecule has 6 saturated heterocycles. The van der Waals surface area contributed by atoms with Crippen molar-refractivity contribution in [2.75, 3.05) is 39.6 Å². The molecule has 0 aromatic heterocycles. The fraction of sp³-hybridized carbons (Fsp3) is 0.970. The fourth-order valence-electron chi connectivity index (χ4n) is 18.6. The Morgan fingerprint density at radius 2 is 0.900 bits per heavy atom. The summed E-state index contributed by atoms with van der Waals surface area (Å²) in [6, 6.07) is 0. The molecule has 9 fully saturated rings. The van der Waals surface area contributed by atoms with E-state index >= 15 is 0 Å². The summed E-state index contributed by atoms with van der Waals surface area (Å²) in [4.78, 5) is 0. The van der Waals surface area contributed by atoms with Crippen LogP contribution in [0.25, 0.3) is 0 Å². The van der Waals surface area contributed by atoms with E-state index in [0.717, 1.165) is 18.4 Å². The predicted molar refractivity (Wildman–Crippen MR) is 336 cm³/mol. The highest BCUT2D eigenvalue weighted by molar-refractivity contribution is 5.32. The highest BCUT2D eigenvalue weighted by Crippen LogP contribution is 2.75. The molecule has 100 heavy (non-hydrogen) atoms. The van der Waals surface area contributed by atoms with Gasteiger partial charge in [0.05, 0.1) is 69.7 Å². The Morgan fingerprint density at radius 3 is 1.40 bits per heavy atom. The number of hydrogen-bond donors (Lipinski definition) is 21. The van der Waals surface area contributed by atoms with E-state index in [4.69, 9.17) is 56.8 Å². The summed E-state index contributed by atoms with van der Waals surface area (Å²) in [6.45, 7) is 13.5. The first-order valence-corrected chi connectivity index (χ1v) is 35.4. The molecule has 21 N–H and O–H groups in total. The van der Waals surface area contributed by atoms with Gasteiger partial charge in [-0.05, 0) is 99.7 Å². The molecule has 0 spiro atoms. The van der Waals surface area contributed by atoms with Crippen LogP contribution >= 0.6 is 0 Å². The molecule has 580 valence electrons. The van der Waals surface area contributed by atoms with Crippen LogP contribution in [-0.2, 0) is 56.8 Å². The summed E-state index contributed by atoms with van der Waals surface area (Å²) in [6.07, 6.45) is -43.7. The van der Waals surface area contributed by atoms with Crippen molar-refractivity contribution < 1.29 is 164 Å². The molecule has 33 heteroatoms. The minimum Gasteiger partial charge on any atom is -0.394 e. The number of aliphatic hydroxyl groups excluding tert-OH is 20. The number of hydrogen-bond acceptors (Lipinski definition) is 33.